The molecule has 4 rings (SSSR count). The first-order valence-corrected chi connectivity index (χ1v) is 9.64. The molecule has 2 fully saturated rings. The summed E-state index contributed by atoms with van der Waals surface area (Å²) in [5, 5.41) is 13.4. The van der Waals surface area contributed by atoms with Crippen LogP contribution in [0.25, 0.3) is 11.6 Å². The molecule has 1 saturated heterocycles. The van der Waals surface area contributed by atoms with Crippen molar-refractivity contribution in [1.82, 2.24) is 35.6 Å². The highest BCUT2D eigenvalue weighted by Gasteiger charge is 2.26. The third-order valence-corrected chi connectivity index (χ3v) is 4.88. The number of amides is 1. The van der Waals surface area contributed by atoms with Crippen LogP contribution >= 0.6 is 0 Å². The van der Waals surface area contributed by atoms with E-state index in [1.165, 1.54) is 0 Å². The average molecular weight is 386 g/mol. The molecule has 150 valence electrons. The highest BCUT2D eigenvalue weighted by Crippen LogP contribution is 2.18. The summed E-state index contributed by atoms with van der Waals surface area (Å²) < 4.78 is 5.31. The fourth-order valence-corrected chi connectivity index (χ4v) is 3.21. The summed E-state index contributed by atoms with van der Waals surface area (Å²) in [4.78, 5) is 25.1. The number of hydrogen-bond donors (Lipinski definition) is 3. The third kappa shape index (κ3) is 4.69. The predicted molar refractivity (Wildman–Crippen MR) is 103 cm³/mol. The van der Waals surface area contributed by atoms with Gasteiger partial charge in [0.25, 0.3) is 0 Å². The summed E-state index contributed by atoms with van der Waals surface area (Å²) in [6.07, 6.45) is 3.84. The van der Waals surface area contributed by atoms with Crippen molar-refractivity contribution in [3.8, 4) is 11.6 Å². The Labute approximate surface area is 163 Å². The molecule has 3 N–H and O–H groups in total. The molecule has 28 heavy (non-hydrogen) atoms. The van der Waals surface area contributed by atoms with E-state index in [1.807, 2.05) is 6.07 Å². The molecule has 10 heteroatoms. The van der Waals surface area contributed by atoms with Crippen molar-refractivity contribution in [2.24, 2.45) is 4.99 Å². The SMILES string of the molecule is CN=C(NCc1nc(-c2ccco2)n[nH]1)N1CCN(CC(=O)NC2CC2)CC1. The molecule has 1 saturated carbocycles. The Bertz CT molecular complexity index is 803. The molecule has 2 aromatic heterocycles. The number of aromatic nitrogens is 3. The van der Waals surface area contributed by atoms with E-state index >= 15 is 0 Å². The Morgan fingerprint density at radius 1 is 1.36 bits per heavy atom. The second kappa shape index (κ2) is 8.42. The first kappa shape index (κ1) is 18.5. The van der Waals surface area contributed by atoms with E-state index in [0.717, 1.165) is 45.0 Å². The Hall–Kier alpha value is -2.88. The van der Waals surface area contributed by atoms with E-state index in [1.54, 1.807) is 19.4 Å². The van der Waals surface area contributed by atoms with Gasteiger partial charge in [0.15, 0.2) is 11.7 Å². The summed E-state index contributed by atoms with van der Waals surface area (Å²) in [6.45, 7) is 4.29. The zero-order valence-electron chi connectivity index (χ0n) is 16.0. The zero-order chi connectivity index (χ0) is 19.3. The van der Waals surface area contributed by atoms with E-state index in [4.69, 9.17) is 4.42 Å². The molecule has 3 heterocycles. The van der Waals surface area contributed by atoms with E-state index in [9.17, 15) is 4.79 Å². The number of nitrogens with zero attached hydrogens (tertiary/aromatic N) is 5. The first-order chi connectivity index (χ1) is 13.7. The minimum absolute atomic E-state index is 0.135. The van der Waals surface area contributed by atoms with E-state index in [2.05, 4.69) is 40.6 Å². The molecule has 0 radical (unpaired) electrons. The zero-order valence-corrected chi connectivity index (χ0v) is 16.0. The molecular formula is C18H26N8O2. The highest BCUT2D eigenvalue weighted by molar-refractivity contribution is 5.80. The lowest BCUT2D eigenvalue weighted by atomic mass is 10.3. The van der Waals surface area contributed by atoms with Crippen LogP contribution < -0.4 is 10.6 Å². The van der Waals surface area contributed by atoms with Gasteiger partial charge in [-0.05, 0) is 25.0 Å². The molecule has 0 atom stereocenters. The fourth-order valence-electron chi connectivity index (χ4n) is 3.21. The number of rotatable bonds is 6. The second-order valence-electron chi connectivity index (χ2n) is 7.09. The van der Waals surface area contributed by atoms with Gasteiger partial charge in [-0.1, -0.05) is 0 Å². The minimum atomic E-state index is 0.135. The van der Waals surface area contributed by atoms with Crippen molar-refractivity contribution in [2.75, 3.05) is 39.8 Å². The van der Waals surface area contributed by atoms with Crippen LogP contribution in [0.5, 0.6) is 0 Å². The maximum absolute atomic E-state index is 12.0. The summed E-state index contributed by atoms with van der Waals surface area (Å²) in [5.74, 6) is 2.83. The summed E-state index contributed by atoms with van der Waals surface area (Å²) >= 11 is 0. The van der Waals surface area contributed by atoms with Gasteiger partial charge in [-0.25, -0.2) is 4.98 Å². The molecule has 10 nitrogen and oxygen atoms in total. The van der Waals surface area contributed by atoms with Gasteiger partial charge in [0.05, 0.1) is 19.4 Å². The van der Waals surface area contributed by atoms with Gasteiger partial charge in [0.2, 0.25) is 11.7 Å². The lowest BCUT2D eigenvalue weighted by molar-refractivity contribution is -0.122. The van der Waals surface area contributed by atoms with Crippen LogP contribution in [0, 0.1) is 0 Å². The fraction of sp³-hybridized carbons (Fsp3) is 0.556. The maximum Gasteiger partial charge on any atom is 0.234 e. The lowest BCUT2D eigenvalue weighted by Gasteiger charge is -2.36. The van der Waals surface area contributed by atoms with Crippen LogP contribution in [0.2, 0.25) is 0 Å². The first-order valence-electron chi connectivity index (χ1n) is 9.64. The van der Waals surface area contributed by atoms with Crippen LogP contribution in [0.1, 0.15) is 18.7 Å². The van der Waals surface area contributed by atoms with Gasteiger partial charge in [-0.3, -0.25) is 19.8 Å². The molecule has 2 aliphatic rings. The summed E-state index contributed by atoms with van der Waals surface area (Å²) in [7, 11) is 1.77. The standard InChI is InChI=1S/C18H26N8O2/c1-19-18(20-11-15-22-17(24-23-15)14-3-2-10-28-14)26-8-6-25(7-9-26)12-16(27)21-13-4-5-13/h2-3,10,13H,4-9,11-12H2,1H3,(H,19,20)(H,21,27)(H,22,23,24). The number of carbonyl (C=O) groups is 1. The molecule has 1 aliphatic carbocycles. The molecule has 0 spiro atoms. The number of hydrogen-bond acceptors (Lipinski definition) is 6. The van der Waals surface area contributed by atoms with Gasteiger partial charge >= 0.3 is 0 Å². The summed E-state index contributed by atoms with van der Waals surface area (Å²) in [6, 6.07) is 4.05. The smallest absolute Gasteiger partial charge is 0.234 e. The van der Waals surface area contributed by atoms with Crippen molar-refractivity contribution in [2.45, 2.75) is 25.4 Å². The average Bonchev–Trinajstić information content (AvgIpc) is 3.17. The molecule has 0 aromatic carbocycles. The lowest BCUT2D eigenvalue weighted by Crippen LogP contribution is -2.54. The molecular weight excluding hydrogens is 360 g/mol. The second-order valence-corrected chi connectivity index (χ2v) is 7.09. The molecule has 1 aliphatic heterocycles. The van der Waals surface area contributed by atoms with Crippen LogP contribution in [0.4, 0.5) is 0 Å². The molecule has 0 unspecified atom stereocenters. The van der Waals surface area contributed by atoms with Crippen LogP contribution in [0.15, 0.2) is 27.8 Å². The Balaban J connectivity index is 1.23. The van der Waals surface area contributed by atoms with Crippen molar-refractivity contribution in [3.63, 3.8) is 0 Å². The maximum atomic E-state index is 12.0. The van der Waals surface area contributed by atoms with Gasteiger partial charge in [-0.15, -0.1) is 5.10 Å². The predicted octanol–water partition coefficient (Wildman–Crippen LogP) is 0.0363. The van der Waals surface area contributed by atoms with Crippen LogP contribution in [-0.2, 0) is 11.3 Å². The van der Waals surface area contributed by atoms with Crippen molar-refractivity contribution < 1.29 is 9.21 Å². The minimum Gasteiger partial charge on any atom is -0.461 e. The van der Waals surface area contributed by atoms with Gasteiger partial charge < -0.3 is 20.0 Å². The van der Waals surface area contributed by atoms with Crippen molar-refractivity contribution in [3.05, 3.63) is 24.2 Å². The van der Waals surface area contributed by atoms with Gasteiger partial charge in [0.1, 0.15) is 5.82 Å². The largest absolute Gasteiger partial charge is 0.461 e. The highest BCUT2D eigenvalue weighted by atomic mass is 16.3. The number of carbonyl (C=O) groups excluding carboxylic acids is 1. The monoisotopic (exact) mass is 386 g/mol. The third-order valence-electron chi connectivity index (χ3n) is 4.88. The summed E-state index contributed by atoms with van der Waals surface area (Å²) in [5.41, 5.74) is 0. The van der Waals surface area contributed by atoms with E-state index < -0.39 is 0 Å². The quantitative estimate of drug-likeness (QED) is 0.474. The van der Waals surface area contributed by atoms with Crippen LogP contribution in [0.3, 0.4) is 0 Å². The number of H-pyrrole nitrogens is 1. The topological polar surface area (TPSA) is 115 Å². The van der Waals surface area contributed by atoms with Crippen molar-refractivity contribution in [1.29, 1.82) is 0 Å². The molecule has 2 aromatic rings. The Kier molecular flexibility index (Phi) is 5.56. The van der Waals surface area contributed by atoms with Gasteiger partial charge in [-0.2, -0.15) is 0 Å². The number of furan rings is 1. The van der Waals surface area contributed by atoms with Gasteiger partial charge in [0, 0.05) is 39.3 Å². The number of nitrogens with one attached hydrogen (secondary N) is 3. The van der Waals surface area contributed by atoms with Crippen LogP contribution in [-0.4, -0.2) is 82.7 Å². The number of guanidine groups is 1. The van der Waals surface area contributed by atoms with E-state index in [-0.39, 0.29) is 5.91 Å². The Morgan fingerprint density at radius 3 is 2.86 bits per heavy atom. The number of aliphatic imine (C=N–C) groups is 1. The number of aromatic amines is 1. The number of piperazine rings is 1. The van der Waals surface area contributed by atoms with E-state index in [0.29, 0.717) is 36.5 Å². The molecule has 0 bridgehead atoms. The van der Waals surface area contributed by atoms with Crippen molar-refractivity contribution >= 4 is 11.9 Å². The normalized spacial score (nSPS) is 18.3. The Morgan fingerprint density at radius 2 is 2.18 bits per heavy atom. The molecule has 1 amide bonds.